The number of methoxy groups -OCH3 is 1. The van der Waals surface area contributed by atoms with Crippen LogP contribution in [0, 0.1) is 11.3 Å². The first kappa shape index (κ1) is 12.8. The maximum absolute atomic E-state index is 11.4. The monoisotopic (exact) mass is 231 g/mol. The predicted molar refractivity (Wildman–Crippen MR) is 63.2 cm³/mol. The van der Waals surface area contributed by atoms with Gasteiger partial charge in [-0.25, -0.2) is 4.79 Å². The first-order valence-corrected chi connectivity index (χ1v) is 5.14. The molecule has 0 atom stereocenters. The van der Waals surface area contributed by atoms with E-state index in [2.05, 4.69) is 0 Å². The second-order valence-corrected chi connectivity index (χ2v) is 3.13. The minimum absolute atomic E-state index is 0.0450. The molecule has 0 spiro atoms. The van der Waals surface area contributed by atoms with Crippen molar-refractivity contribution in [3.63, 3.8) is 0 Å². The van der Waals surface area contributed by atoms with Crippen LogP contribution in [0.2, 0.25) is 0 Å². The summed E-state index contributed by atoms with van der Waals surface area (Å²) in [6, 6.07) is 8.94. The molecule has 17 heavy (non-hydrogen) atoms. The molecule has 0 aliphatic heterocycles. The molecule has 0 fully saturated rings. The molecule has 0 bridgehead atoms. The molecule has 0 saturated heterocycles. The topological polar surface area (TPSA) is 59.3 Å². The average Bonchev–Trinajstić information content (AvgIpc) is 2.36. The fourth-order valence-corrected chi connectivity index (χ4v) is 1.29. The van der Waals surface area contributed by atoms with Gasteiger partial charge in [-0.2, -0.15) is 5.26 Å². The number of hydrogen-bond acceptors (Lipinski definition) is 4. The second-order valence-electron chi connectivity index (χ2n) is 3.13. The summed E-state index contributed by atoms with van der Waals surface area (Å²) in [5.41, 5.74) is 0.621. The lowest BCUT2D eigenvalue weighted by molar-refractivity contribution is -0.137. The zero-order valence-corrected chi connectivity index (χ0v) is 9.77. The Labute approximate surface area is 100 Å². The summed E-state index contributed by atoms with van der Waals surface area (Å²) in [5, 5.41) is 8.89. The number of carbonyl (C=O) groups is 1. The lowest BCUT2D eigenvalue weighted by atomic mass is 10.1. The third-order valence-electron chi connectivity index (χ3n) is 2.05. The Hall–Kier alpha value is -2.28. The highest BCUT2D eigenvalue weighted by atomic mass is 16.5. The van der Waals surface area contributed by atoms with E-state index in [0.717, 1.165) is 0 Å². The van der Waals surface area contributed by atoms with E-state index in [1.54, 1.807) is 25.1 Å². The Bertz CT molecular complexity index is 472. The first-order chi connectivity index (χ1) is 8.22. The molecule has 0 aliphatic rings. The van der Waals surface area contributed by atoms with Crippen molar-refractivity contribution in [3.8, 4) is 11.8 Å². The van der Waals surface area contributed by atoms with E-state index >= 15 is 0 Å². The van der Waals surface area contributed by atoms with E-state index in [0.29, 0.717) is 11.3 Å². The van der Waals surface area contributed by atoms with Crippen LogP contribution in [0.1, 0.15) is 12.5 Å². The van der Waals surface area contributed by atoms with Gasteiger partial charge in [0.05, 0.1) is 13.7 Å². The summed E-state index contributed by atoms with van der Waals surface area (Å²) in [6.45, 7) is 1.93. The largest absolute Gasteiger partial charge is 0.496 e. The highest BCUT2D eigenvalue weighted by Crippen LogP contribution is 2.20. The minimum atomic E-state index is -0.624. The number of nitriles is 1. The van der Waals surface area contributed by atoms with Crippen LogP contribution in [0.25, 0.3) is 6.08 Å². The molecule has 88 valence electrons. The maximum atomic E-state index is 11.4. The van der Waals surface area contributed by atoms with Crippen molar-refractivity contribution in [2.24, 2.45) is 0 Å². The second kappa shape index (κ2) is 6.33. The van der Waals surface area contributed by atoms with Crippen LogP contribution in [0.5, 0.6) is 5.75 Å². The van der Waals surface area contributed by atoms with Gasteiger partial charge in [0, 0.05) is 5.56 Å². The van der Waals surface area contributed by atoms with Crippen LogP contribution in [0.4, 0.5) is 0 Å². The lowest BCUT2D eigenvalue weighted by Crippen LogP contribution is -2.06. The predicted octanol–water partition coefficient (Wildman–Crippen LogP) is 2.17. The fourth-order valence-electron chi connectivity index (χ4n) is 1.29. The van der Waals surface area contributed by atoms with Gasteiger partial charge in [0.15, 0.2) is 0 Å². The van der Waals surface area contributed by atoms with Crippen LogP contribution in [-0.4, -0.2) is 19.7 Å². The summed E-state index contributed by atoms with van der Waals surface area (Å²) in [4.78, 5) is 11.4. The quantitative estimate of drug-likeness (QED) is 0.452. The Balaban J connectivity index is 3.07. The highest BCUT2D eigenvalue weighted by Gasteiger charge is 2.10. The number of esters is 1. The summed E-state index contributed by atoms with van der Waals surface area (Å²) in [5.74, 6) is -0.0227. The zero-order chi connectivity index (χ0) is 12.7. The number of ether oxygens (including phenoxy) is 2. The molecule has 1 rings (SSSR count). The van der Waals surface area contributed by atoms with Crippen molar-refractivity contribution < 1.29 is 14.3 Å². The Morgan fingerprint density at radius 1 is 1.47 bits per heavy atom. The van der Waals surface area contributed by atoms with Gasteiger partial charge >= 0.3 is 5.97 Å². The third-order valence-corrected chi connectivity index (χ3v) is 2.05. The van der Waals surface area contributed by atoms with Crippen molar-refractivity contribution >= 4 is 12.0 Å². The molecule has 0 N–H and O–H groups in total. The van der Waals surface area contributed by atoms with E-state index in [4.69, 9.17) is 14.7 Å². The van der Waals surface area contributed by atoms with Gasteiger partial charge < -0.3 is 9.47 Å². The molecule has 0 radical (unpaired) electrons. The third kappa shape index (κ3) is 3.35. The molecule has 0 aliphatic carbocycles. The molecule has 0 unspecified atom stereocenters. The smallest absolute Gasteiger partial charge is 0.348 e. The van der Waals surface area contributed by atoms with Gasteiger partial charge in [-0.15, -0.1) is 0 Å². The number of hydrogen-bond donors (Lipinski definition) is 0. The SMILES string of the molecule is CCOC(=O)/C(C#N)=C/c1ccccc1OC. The van der Waals surface area contributed by atoms with Crippen molar-refractivity contribution in [1.82, 2.24) is 0 Å². The van der Waals surface area contributed by atoms with Crippen LogP contribution >= 0.6 is 0 Å². The number of para-hydroxylation sites is 1. The minimum Gasteiger partial charge on any atom is -0.496 e. The Kier molecular flexibility index (Phi) is 4.77. The first-order valence-electron chi connectivity index (χ1n) is 5.14. The fraction of sp³-hybridized carbons (Fsp3) is 0.231. The highest BCUT2D eigenvalue weighted by molar-refractivity contribution is 5.98. The van der Waals surface area contributed by atoms with Gasteiger partial charge in [-0.1, -0.05) is 18.2 Å². The maximum Gasteiger partial charge on any atom is 0.348 e. The molecule has 0 heterocycles. The number of benzene rings is 1. The average molecular weight is 231 g/mol. The van der Waals surface area contributed by atoms with Crippen LogP contribution < -0.4 is 4.74 Å². The summed E-state index contributed by atoms with van der Waals surface area (Å²) >= 11 is 0. The van der Waals surface area contributed by atoms with Gasteiger partial charge in [0.1, 0.15) is 17.4 Å². The molecule has 0 amide bonds. The van der Waals surface area contributed by atoms with E-state index < -0.39 is 5.97 Å². The number of nitrogens with zero attached hydrogens (tertiary/aromatic N) is 1. The molecule has 1 aromatic carbocycles. The normalized spacial score (nSPS) is 10.5. The van der Waals surface area contributed by atoms with Crippen LogP contribution in [0.3, 0.4) is 0 Å². The molecule has 0 aromatic heterocycles. The standard InChI is InChI=1S/C13H13NO3/c1-3-17-13(15)11(9-14)8-10-6-4-5-7-12(10)16-2/h4-8H,3H2,1-2H3/b11-8+. The molecule has 4 nitrogen and oxygen atoms in total. The van der Waals surface area contributed by atoms with Crippen molar-refractivity contribution in [3.05, 3.63) is 35.4 Å². The van der Waals surface area contributed by atoms with Gasteiger partial charge in [0.25, 0.3) is 0 Å². The molecular weight excluding hydrogens is 218 g/mol. The van der Waals surface area contributed by atoms with E-state index in [1.807, 2.05) is 12.1 Å². The van der Waals surface area contributed by atoms with E-state index in [1.165, 1.54) is 13.2 Å². The van der Waals surface area contributed by atoms with Gasteiger partial charge in [-0.3, -0.25) is 0 Å². The Morgan fingerprint density at radius 2 is 2.18 bits per heavy atom. The van der Waals surface area contributed by atoms with Crippen molar-refractivity contribution in [2.75, 3.05) is 13.7 Å². The lowest BCUT2D eigenvalue weighted by Gasteiger charge is -2.04. The zero-order valence-electron chi connectivity index (χ0n) is 9.77. The summed E-state index contributed by atoms with van der Waals surface area (Å²) in [7, 11) is 1.53. The summed E-state index contributed by atoms with van der Waals surface area (Å²) < 4.78 is 9.89. The summed E-state index contributed by atoms with van der Waals surface area (Å²) in [6.07, 6.45) is 1.46. The molecule has 0 saturated carbocycles. The number of rotatable bonds is 4. The van der Waals surface area contributed by atoms with E-state index in [-0.39, 0.29) is 12.2 Å². The van der Waals surface area contributed by atoms with Crippen molar-refractivity contribution in [2.45, 2.75) is 6.92 Å². The molecular formula is C13H13NO3. The van der Waals surface area contributed by atoms with Crippen LogP contribution in [0.15, 0.2) is 29.8 Å². The van der Waals surface area contributed by atoms with E-state index in [9.17, 15) is 4.79 Å². The van der Waals surface area contributed by atoms with Crippen molar-refractivity contribution in [1.29, 1.82) is 5.26 Å². The Morgan fingerprint density at radius 3 is 2.76 bits per heavy atom. The van der Waals surface area contributed by atoms with Crippen LogP contribution in [-0.2, 0) is 9.53 Å². The van der Waals surface area contributed by atoms with Gasteiger partial charge in [0.2, 0.25) is 0 Å². The van der Waals surface area contributed by atoms with Gasteiger partial charge in [-0.05, 0) is 19.1 Å². The molecule has 4 heteroatoms. The molecule has 1 aromatic rings. The number of carbonyl (C=O) groups excluding carboxylic acids is 1.